The van der Waals surface area contributed by atoms with Gasteiger partial charge in [-0.3, -0.25) is 4.79 Å². The highest BCUT2D eigenvalue weighted by molar-refractivity contribution is 5.96. The van der Waals surface area contributed by atoms with Gasteiger partial charge in [-0.1, -0.05) is 5.16 Å². The Labute approximate surface area is 81.3 Å². The molecule has 0 bridgehead atoms. The molecule has 1 amide bonds. The van der Waals surface area contributed by atoms with Crippen LogP contribution in [0.15, 0.2) is 4.52 Å². The Kier molecular flexibility index (Phi) is 2.03. The lowest BCUT2D eigenvalue weighted by Crippen LogP contribution is -2.26. The SMILES string of the molecule is Cc1noc(C)c1N1CC(O)CC1=O. The summed E-state index contributed by atoms with van der Waals surface area (Å²) in [7, 11) is 0. The molecule has 76 valence electrons. The lowest BCUT2D eigenvalue weighted by Gasteiger charge is -2.14. The molecule has 2 heterocycles. The van der Waals surface area contributed by atoms with Gasteiger partial charge in [0.2, 0.25) is 5.91 Å². The highest BCUT2D eigenvalue weighted by Crippen LogP contribution is 2.28. The van der Waals surface area contributed by atoms with Crippen molar-refractivity contribution < 1.29 is 14.4 Å². The number of aliphatic hydroxyl groups excluding tert-OH is 1. The number of carbonyl (C=O) groups excluding carboxylic acids is 1. The van der Waals surface area contributed by atoms with Gasteiger partial charge in [0.25, 0.3) is 0 Å². The maximum atomic E-state index is 11.5. The van der Waals surface area contributed by atoms with E-state index >= 15 is 0 Å². The van der Waals surface area contributed by atoms with E-state index in [1.165, 1.54) is 4.90 Å². The van der Waals surface area contributed by atoms with Gasteiger partial charge in [-0.05, 0) is 13.8 Å². The highest BCUT2D eigenvalue weighted by atomic mass is 16.5. The van der Waals surface area contributed by atoms with Crippen LogP contribution in [0.1, 0.15) is 17.9 Å². The lowest BCUT2D eigenvalue weighted by molar-refractivity contribution is -0.117. The van der Waals surface area contributed by atoms with Gasteiger partial charge >= 0.3 is 0 Å². The van der Waals surface area contributed by atoms with Gasteiger partial charge in [0.1, 0.15) is 11.4 Å². The van der Waals surface area contributed by atoms with Gasteiger partial charge in [0.05, 0.1) is 19.1 Å². The van der Waals surface area contributed by atoms with Gasteiger partial charge < -0.3 is 14.5 Å². The summed E-state index contributed by atoms with van der Waals surface area (Å²) in [4.78, 5) is 13.0. The Morgan fingerprint density at radius 2 is 2.29 bits per heavy atom. The number of carbonyl (C=O) groups is 1. The molecule has 5 nitrogen and oxygen atoms in total. The number of nitrogens with zero attached hydrogens (tertiary/aromatic N) is 2. The largest absolute Gasteiger partial charge is 0.391 e. The molecule has 1 aromatic heterocycles. The minimum atomic E-state index is -0.573. The smallest absolute Gasteiger partial charge is 0.229 e. The van der Waals surface area contributed by atoms with Crippen LogP contribution in [0.5, 0.6) is 0 Å². The molecule has 1 aliphatic heterocycles. The molecule has 1 unspecified atom stereocenters. The molecule has 0 saturated carbocycles. The number of aromatic nitrogens is 1. The van der Waals surface area contributed by atoms with Gasteiger partial charge in [0, 0.05) is 0 Å². The lowest BCUT2D eigenvalue weighted by atomic mass is 10.3. The quantitative estimate of drug-likeness (QED) is 0.705. The van der Waals surface area contributed by atoms with Crippen LogP contribution in [-0.4, -0.2) is 28.8 Å². The van der Waals surface area contributed by atoms with Crippen LogP contribution >= 0.6 is 0 Å². The predicted molar refractivity (Wildman–Crippen MR) is 49.0 cm³/mol. The maximum Gasteiger partial charge on any atom is 0.229 e. The molecule has 0 radical (unpaired) electrons. The summed E-state index contributed by atoms with van der Waals surface area (Å²) < 4.78 is 4.97. The summed E-state index contributed by atoms with van der Waals surface area (Å²) in [6, 6.07) is 0. The van der Waals surface area contributed by atoms with Crippen molar-refractivity contribution in [3.63, 3.8) is 0 Å². The standard InChI is InChI=1S/C9H12N2O3/c1-5-9(6(2)14-10-5)11-4-7(12)3-8(11)13/h7,12H,3-4H2,1-2H3. The zero-order valence-electron chi connectivity index (χ0n) is 8.15. The fourth-order valence-corrected chi connectivity index (χ4v) is 1.77. The third kappa shape index (κ3) is 1.29. The number of hydrogen-bond donors (Lipinski definition) is 1. The highest BCUT2D eigenvalue weighted by Gasteiger charge is 2.32. The molecule has 0 aliphatic carbocycles. The number of hydrogen-bond acceptors (Lipinski definition) is 4. The molecule has 1 fully saturated rings. The van der Waals surface area contributed by atoms with E-state index < -0.39 is 6.10 Å². The molecule has 14 heavy (non-hydrogen) atoms. The molecule has 1 aliphatic rings. The Balaban J connectivity index is 2.36. The van der Waals surface area contributed by atoms with Gasteiger partial charge in [-0.2, -0.15) is 0 Å². The van der Waals surface area contributed by atoms with E-state index in [4.69, 9.17) is 4.52 Å². The summed E-state index contributed by atoms with van der Waals surface area (Å²) in [5.74, 6) is 0.539. The van der Waals surface area contributed by atoms with Crippen LogP contribution in [0.3, 0.4) is 0 Å². The molecule has 2 rings (SSSR count). The Bertz CT molecular complexity index is 353. The molecule has 1 saturated heterocycles. The van der Waals surface area contributed by atoms with Crippen molar-refractivity contribution in [2.24, 2.45) is 0 Å². The zero-order chi connectivity index (χ0) is 10.3. The summed E-state index contributed by atoms with van der Waals surface area (Å²) in [5, 5.41) is 13.1. The summed E-state index contributed by atoms with van der Waals surface area (Å²) in [5.41, 5.74) is 1.39. The number of amides is 1. The summed E-state index contributed by atoms with van der Waals surface area (Å²) in [6.45, 7) is 3.87. The fraction of sp³-hybridized carbons (Fsp3) is 0.556. The van der Waals surface area contributed by atoms with Crippen molar-refractivity contribution in [3.8, 4) is 0 Å². The van der Waals surface area contributed by atoms with Crippen molar-refractivity contribution >= 4 is 11.6 Å². The van der Waals surface area contributed by atoms with Crippen molar-refractivity contribution in [1.82, 2.24) is 5.16 Å². The molecular weight excluding hydrogens is 184 g/mol. The second kappa shape index (κ2) is 3.09. The number of rotatable bonds is 1. The predicted octanol–water partition coefficient (Wildman–Crippen LogP) is 0.389. The van der Waals surface area contributed by atoms with Gasteiger partial charge in [0.15, 0.2) is 5.76 Å². The van der Waals surface area contributed by atoms with Crippen molar-refractivity contribution in [3.05, 3.63) is 11.5 Å². The first-order valence-electron chi connectivity index (χ1n) is 4.51. The first kappa shape index (κ1) is 9.21. The monoisotopic (exact) mass is 196 g/mol. The van der Waals surface area contributed by atoms with Gasteiger partial charge in [-0.25, -0.2) is 0 Å². The van der Waals surface area contributed by atoms with Crippen LogP contribution in [0.25, 0.3) is 0 Å². The van der Waals surface area contributed by atoms with Gasteiger partial charge in [-0.15, -0.1) is 0 Å². The molecule has 1 aromatic rings. The number of β-amino-alcohol motifs (C(OH)–C–C–N with tert-alkyl or cyclic N) is 1. The molecule has 5 heteroatoms. The first-order chi connectivity index (χ1) is 6.59. The van der Waals surface area contributed by atoms with Crippen LogP contribution in [0.2, 0.25) is 0 Å². The maximum absolute atomic E-state index is 11.5. The van der Waals surface area contributed by atoms with E-state index in [0.29, 0.717) is 23.7 Å². The minimum absolute atomic E-state index is 0.0769. The van der Waals surface area contributed by atoms with E-state index in [9.17, 15) is 9.90 Å². The zero-order valence-corrected chi connectivity index (χ0v) is 8.15. The molecule has 0 aromatic carbocycles. The van der Waals surface area contributed by atoms with E-state index in [1.807, 2.05) is 0 Å². The number of aryl methyl sites for hydroxylation is 2. The third-order valence-corrected chi connectivity index (χ3v) is 2.37. The van der Waals surface area contributed by atoms with E-state index in [-0.39, 0.29) is 12.3 Å². The minimum Gasteiger partial charge on any atom is -0.391 e. The topological polar surface area (TPSA) is 66.6 Å². The van der Waals surface area contributed by atoms with Crippen LogP contribution in [0, 0.1) is 13.8 Å². The van der Waals surface area contributed by atoms with E-state index in [2.05, 4.69) is 5.16 Å². The molecule has 1 atom stereocenters. The molecule has 1 N–H and O–H groups in total. The molecular formula is C9H12N2O3. The van der Waals surface area contributed by atoms with Crippen molar-refractivity contribution in [2.45, 2.75) is 26.4 Å². The third-order valence-electron chi connectivity index (χ3n) is 2.37. The summed E-state index contributed by atoms with van der Waals surface area (Å²) in [6.07, 6.45) is -0.388. The number of anilines is 1. The Morgan fingerprint density at radius 1 is 1.57 bits per heavy atom. The number of aliphatic hydroxyl groups is 1. The van der Waals surface area contributed by atoms with Crippen LogP contribution in [-0.2, 0) is 4.79 Å². The van der Waals surface area contributed by atoms with E-state index in [0.717, 1.165) is 0 Å². The molecule has 0 spiro atoms. The average Bonchev–Trinajstić information content (AvgIpc) is 2.57. The van der Waals surface area contributed by atoms with Crippen molar-refractivity contribution in [1.29, 1.82) is 0 Å². The fourth-order valence-electron chi connectivity index (χ4n) is 1.77. The second-order valence-corrected chi connectivity index (χ2v) is 3.54. The van der Waals surface area contributed by atoms with Crippen LogP contribution < -0.4 is 4.90 Å². The van der Waals surface area contributed by atoms with Crippen LogP contribution in [0.4, 0.5) is 5.69 Å². The normalized spacial score (nSPS) is 22.1. The second-order valence-electron chi connectivity index (χ2n) is 3.54. The Hall–Kier alpha value is -1.36. The van der Waals surface area contributed by atoms with E-state index in [1.54, 1.807) is 13.8 Å². The van der Waals surface area contributed by atoms with Crippen molar-refractivity contribution in [2.75, 3.05) is 11.4 Å². The summed E-state index contributed by atoms with van der Waals surface area (Å²) >= 11 is 0. The average molecular weight is 196 g/mol. The first-order valence-corrected chi connectivity index (χ1v) is 4.51. The Morgan fingerprint density at radius 3 is 2.71 bits per heavy atom.